The van der Waals surface area contributed by atoms with Crippen molar-refractivity contribution in [2.75, 3.05) is 23.4 Å². The van der Waals surface area contributed by atoms with Gasteiger partial charge in [0.2, 0.25) is 0 Å². The number of rotatable bonds is 5. The summed E-state index contributed by atoms with van der Waals surface area (Å²) in [5, 5.41) is 7.58. The highest BCUT2D eigenvalue weighted by atomic mass is 16.3. The van der Waals surface area contributed by atoms with Crippen LogP contribution in [-0.4, -0.2) is 17.0 Å². The van der Waals surface area contributed by atoms with Crippen LogP contribution in [-0.2, 0) is 0 Å². The molecule has 0 aliphatic heterocycles. The van der Waals surface area contributed by atoms with E-state index in [4.69, 9.17) is 10.2 Å². The fourth-order valence-corrected chi connectivity index (χ4v) is 3.25. The van der Waals surface area contributed by atoms with E-state index in [9.17, 15) is 0 Å². The largest absolute Gasteiger partial charge is 0.472 e. The van der Waals surface area contributed by atoms with Gasteiger partial charge < -0.3 is 20.8 Å². The molecule has 0 unspecified atom stereocenters. The zero-order valence-electron chi connectivity index (χ0n) is 16.1. The molecule has 6 nitrogen and oxygen atoms in total. The third-order valence-corrected chi connectivity index (χ3v) is 4.69. The van der Waals surface area contributed by atoms with Crippen LogP contribution >= 0.6 is 0 Å². The van der Waals surface area contributed by atoms with Gasteiger partial charge in [-0.1, -0.05) is 0 Å². The van der Waals surface area contributed by atoms with Gasteiger partial charge in [-0.2, -0.15) is 0 Å². The van der Waals surface area contributed by atoms with Gasteiger partial charge in [-0.25, -0.2) is 9.97 Å². The Morgan fingerprint density at radius 1 is 1.14 bits per heavy atom. The van der Waals surface area contributed by atoms with E-state index in [1.54, 1.807) is 12.5 Å². The standard InChI is InChI=1S/C22H22N5O/c1-13(16-8-17(10-18(23)9-16)15-6-7-28-12-15)25-22-20-11-19(24-3)4-5-21(20)26-14(2)27-22/h5-13,24H,23H2,1-3H3,(H,25,26,27)/t13-/m1/s1. The Morgan fingerprint density at radius 3 is 2.75 bits per heavy atom. The van der Waals surface area contributed by atoms with Crippen molar-refractivity contribution in [2.24, 2.45) is 0 Å². The summed E-state index contributed by atoms with van der Waals surface area (Å²) in [5.41, 5.74) is 11.7. The number of nitrogens with zero attached hydrogens (tertiary/aromatic N) is 2. The Hall–Kier alpha value is -3.54. The highest BCUT2D eigenvalue weighted by Crippen LogP contribution is 2.30. The van der Waals surface area contributed by atoms with E-state index in [0.29, 0.717) is 11.5 Å². The predicted octanol–water partition coefficient (Wildman–Crippen LogP) is 4.80. The molecule has 0 fully saturated rings. The zero-order valence-corrected chi connectivity index (χ0v) is 16.1. The van der Waals surface area contributed by atoms with Gasteiger partial charge in [0.25, 0.3) is 0 Å². The van der Waals surface area contributed by atoms with Crippen LogP contribution in [0.5, 0.6) is 0 Å². The van der Waals surface area contributed by atoms with Crippen molar-refractivity contribution in [1.29, 1.82) is 0 Å². The summed E-state index contributed by atoms with van der Waals surface area (Å²) in [5.74, 6) is 1.49. The monoisotopic (exact) mass is 372 g/mol. The van der Waals surface area contributed by atoms with E-state index in [0.717, 1.165) is 39.1 Å². The lowest BCUT2D eigenvalue weighted by atomic mass is 10.0. The molecule has 0 saturated carbocycles. The summed E-state index contributed by atoms with van der Waals surface area (Å²) in [7, 11) is 1.87. The lowest BCUT2D eigenvalue weighted by Crippen LogP contribution is -2.10. The van der Waals surface area contributed by atoms with Gasteiger partial charge in [0.1, 0.15) is 11.6 Å². The van der Waals surface area contributed by atoms with E-state index < -0.39 is 0 Å². The second-order valence-electron chi connectivity index (χ2n) is 6.78. The molecular formula is C22H22N5O. The number of benzene rings is 2. The maximum Gasteiger partial charge on any atom is 0.138 e. The molecule has 0 saturated heterocycles. The van der Waals surface area contributed by atoms with E-state index in [-0.39, 0.29) is 6.04 Å². The molecule has 2 aromatic heterocycles. The van der Waals surface area contributed by atoms with Crippen molar-refractivity contribution in [1.82, 2.24) is 9.97 Å². The van der Waals surface area contributed by atoms with Gasteiger partial charge in [0, 0.05) is 35.4 Å². The van der Waals surface area contributed by atoms with Crippen LogP contribution < -0.4 is 16.4 Å². The first-order chi connectivity index (χ1) is 13.5. The number of hydrogen-bond donors (Lipinski definition) is 3. The molecule has 0 amide bonds. The smallest absolute Gasteiger partial charge is 0.138 e. The second-order valence-corrected chi connectivity index (χ2v) is 6.78. The number of anilines is 3. The Bertz CT molecular complexity index is 1120. The average Bonchev–Trinajstić information content (AvgIpc) is 3.22. The predicted molar refractivity (Wildman–Crippen MR) is 113 cm³/mol. The van der Waals surface area contributed by atoms with Crippen molar-refractivity contribution in [3.63, 3.8) is 0 Å². The SMILES string of the molecule is CNc1[c]cc2nc(C)nc(N[C@H](C)c3cc(N)cc(-c4ccoc4)c3)c2c1. The fourth-order valence-electron chi connectivity index (χ4n) is 3.25. The molecule has 1 atom stereocenters. The van der Waals surface area contributed by atoms with Crippen LogP contribution in [0.15, 0.2) is 53.3 Å². The van der Waals surface area contributed by atoms with Gasteiger partial charge in [0.15, 0.2) is 0 Å². The van der Waals surface area contributed by atoms with Crippen molar-refractivity contribution < 1.29 is 4.42 Å². The van der Waals surface area contributed by atoms with Crippen molar-refractivity contribution >= 4 is 28.1 Å². The summed E-state index contributed by atoms with van der Waals surface area (Å²) in [6, 6.07) is 15.0. The first kappa shape index (κ1) is 17.9. The van der Waals surface area contributed by atoms with Gasteiger partial charge in [-0.3, -0.25) is 0 Å². The third kappa shape index (κ3) is 3.49. The summed E-state index contributed by atoms with van der Waals surface area (Å²) < 4.78 is 5.21. The Morgan fingerprint density at radius 2 is 2.00 bits per heavy atom. The van der Waals surface area contributed by atoms with Crippen molar-refractivity contribution in [2.45, 2.75) is 19.9 Å². The molecule has 0 aliphatic rings. The Kier molecular flexibility index (Phi) is 4.61. The topological polar surface area (TPSA) is 89.0 Å². The van der Waals surface area contributed by atoms with Crippen LogP contribution in [0.3, 0.4) is 0 Å². The quantitative estimate of drug-likeness (QED) is 0.436. The fraction of sp³-hybridized carbons (Fsp3) is 0.182. The number of aryl methyl sites for hydroxylation is 1. The summed E-state index contributed by atoms with van der Waals surface area (Å²) in [4.78, 5) is 9.14. The van der Waals surface area contributed by atoms with Crippen LogP contribution in [0.2, 0.25) is 0 Å². The van der Waals surface area contributed by atoms with E-state index in [2.05, 4.69) is 39.7 Å². The zero-order chi connectivity index (χ0) is 19.7. The molecule has 6 heteroatoms. The molecule has 4 N–H and O–H groups in total. The molecule has 0 spiro atoms. The second kappa shape index (κ2) is 7.23. The maximum absolute atomic E-state index is 6.15. The Labute approximate surface area is 163 Å². The van der Waals surface area contributed by atoms with Crippen LogP contribution in [0.1, 0.15) is 24.4 Å². The molecule has 2 heterocycles. The highest BCUT2D eigenvalue weighted by Gasteiger charge is 2.13. The van der Waals surface area contributed by atoms with E-state index >= 15 is 0 Å². The molecule has 0 bridgehead atoms. The summed E-state index contributed by atoms with van der Waals surface area (Å²) in [6.07, 6.45) is 3.37. The average molecular weight is 372 g/mol. The minimum absolute atomic E-state index is 0.00567. The molecule has 28 heavy (non-hydrogen) atoms. The number of nitrogen functional groups attached to an aromatic ring is 1. The highest BCUT2D eigenvalue weighted by molar-refractivity contribution is 5.91. The minimum Gasteiger partial charge on any atom is -0.472 e. The number of nitrogens with one attached hydrogen (secondary N) is 2. The van der Waals surface area contributed by atoms with Gasteiger partial charge in [0.05, 0.1) is 24.1 Å². The third-order valence-electron chi connectivity index (χ3n) is 4.69. The number of fused-ring (bicyclic) bond motifs is 1. The maximum atomic E-state index is 6.15. The lowest BCUT2D eigenvalue weighted by molar-refractivity contribution is 0.568. The van der Waals surface area contributed by atoms with Crippen LogP contribution in [0.4, 0.5) is 17.2 Å². The molecule has 141 valence electrons. The molecule has 4 aromatic rings. The van der Waals surface area contributed by atoms with Gasteiger partial charge >= 0.3 is 0 Å². The summed E-state index contributed by atoms with van der Waals surface area (Å²) >= 11 is 0. The molecule has 0 aliphatic carbocycles. The number of furan rings is 1. The number of hydrogen-bond acceptors (Lipinski definition) is 6. The van der Waals surface area contributed by atoms with Crippen molar-refractivity contribution in [3.05, 3.63) is 66.4 Å². The molecule has 4 rings (SSSR count). The minimum atomic E-state index is -0.00567. The van der Waals surface area contributed by atoms with Crippen molar-refractivity contribution in [3.8, 4) is 11.1 Å². The first-order valence-corrected chi connectivity index (χ1v) is 9.11. The van der Waals surface area contributed by atoms with E-state index in [1.807, 2.05) is 44.3 Å². The van der Waals surface area contributed by atoms with Gasteiger partial charge in [-0.15, -0.1) is 0 Å². The Balaban J connectivity index is 1.72. The van der Waals surface area contributed by atoms with Crippen LogP contribution in [0, 0.1) is 13.0 Å². The summed E-state index contributed by atoms with van der Waals surface area (Å²) in [6.45, 7) is 3.98. The molecular weight excluding hydrogens is 350 g/mol. The van der Waals surface area contributed by atoms with E-state index in [1.165, 1.54) is 0 Å². The molecule has 2 aromatic carbocycles. The number of nitrogens with two attached hydrogens (primary N) is 1. The normalized spacial score (nSPS) is 12.1. The molecule has 1 radical (unpaired) electrons. The lowest BCUT2D eigenvalue weighted by Gasteiger charge is -2.18. The van der Waals surface area contributed by atoms with Gasteiger partial charge in [-0.05, 0) is 61.4 Å². The first-order valence-electron chi connectivity index (χ1n) is 9.11. The van der Waals surface area contributed by atoms with Crippen LogP contribution in [0.25, 0.3) is 22.0 Å². The number of aromatic nitrogens is 2.